The molecule has 1 N–H and O–H groups in total. The Balaban J connectivity index is 1.76. The number of rotatable bonds is 2. The lowest BCUT2D eigenvalue weighted by molar-refractivity contribution is 0.349. The molecule has 3 rings (SSSR count). The minimum atomic E-state index is -3.09. The smallest absolute Gasteiger partial charge is 0.175 e. The molecule has 19 heavy (non-hydrogen) atoms. The third-order valence-electron chi connectivity index (χ3n) is 4.33. The lowest BCUT2D eigenvalue weighted by Gasteiger charge is -2.36. The van der Waals surface area contributed by atoms with Gasteiger partial charge in [0.2, 0.25) is 0 Å². The van der Waals surface area contributed by atoms with Crippen molar-refractivity contribution in [3.8, 4) is 0 Å². The van der Waals surface area contributed by atoms with Crippen LogP contribution >= 0.6 is 0 Å². The standard InChI is InChI=1S/C14H20N2O2S/c1-19(17,18)14-4-2-13(3-5-14)16-7-6-11-8-15-9-12(11)10-16/h2-5,11-12,15H,6-10H2,1H3. The van der Waals surface area contributed by atoms with Crippen molar-refractivity contribution in [1.82, 2.24) is 5.32 Å². The van der Waals surface area contributed by atoms with Gasteiger partial charge in [-0.1, -0.05) is 0 Å². The van der Waals surface area contributed by atoms with Crippen LogP contribution in [-0.4, -0.2) is 40.9 Å². The number of piperidine rings is 1. The second-order valence-corrected chi connectivity index (χ2v) is 7.69. The van der Waals surface area contributed by atoms with Crippen LogP contribution < -0.4 is 10.2 Å². The van der Waals surface area contributed by atoms with Crippen LogP contribution in [0.4, 0.5) is 5.69 Å². The summed E-state index contributed by atoms with van der Waals surface area (Å²) in [6.07, 6.45) is 2.48. The minimum absolute atomic E-state index is 0.397. The van der Waals surface area contributed by atoms with Gasteiger partial charge in [-0.3, -0.25) is 0 Å². The number of nitrogens with one attached hydrogen (secondary N) is 1. The summed E-state index contributed by atoms with van der Waals surface area (Å²) in [6, 6.07) is 7.28. The summed E-state index contributed by atoms with van der Waals surface area (Å²) < 4.78 is 22.9. The molecule has 2 aliphatic heterocycles. The third kappa shape index (κ3) is 2.62. The van der Waals surface area contributed by atoms with Crippen LogP contribution in [0.5, 0.6) is 0 Å². The second-order valence-electron chi connectivity index (χ2n) is 5.68. The largest absolute Gasteiger partial charge is 0.371 e. The molecule has 2 unspecified atom stereocenters. The van der Waals surface area contributed by atoms with Gasteiger partial charge in [0.05, 0.1) is 4.90 Å². The Bertz CT molecular complexity index is 553. The maximum atomic E-state index is 11.4. The number of benzene rings is 1. The van der Waals surface area contributed by atoms with Crippen LogP contribution in [-0.2, 0) is 9.84 Å². The van der Waals surface area contributed by atoms with E-state index in [1.165, 1.54) is 12.7 Å². The van der Waals surface area contributed by atoms with Crippen LogP contribution in [0, 0.1) is 11.8 Å². The van der Waals surface area contributed by atoms with Crippen LogP contribution in [0.15, 0.2) is 29.2 Å². The molecule has 1 aromatic rings. The number of anilines is 1. The average molecular weight is 280 g/mol. The molecule has 0 bridgehead atoms. The van der Waals surface area contributed by atoms with E-state index in [9.17, 15) is 8.42 Å². The quantitative estimate of drug-likeness (QED) is 0.882. The molecule has 2 atom stereocenters. The molecule has 2 aliphatic rings. The second kappa shape index (κ2) is 4.80. The minimum Gasteiger partial charge on any atom is -0.371 e. The highest BCUT2D eigenvalue weighted by molar-refractivity contribution is 7.90. The average Bonchev–Trinajstić information content (AvgIpc) is 2.85. The summed E-state index contributed by atoms with van der Waals surface area (Å²) in [5, 5.41) is 3.46. The molecular weight excluding hydrogens is 260 g/mol. The number of hydrogen-bond acceptors (Lipinski definition) is 4. The van der Waals surface area contributed by atoms with E-state index in [0.29, 0.717) is 4.90 Å². The van der Waals surface area contributed by atoms with E-state index in [1.54, 1.807) is 12.1 Å². The maximum absolute atomic E-state index is 11.4. The highest BCUT2D eigenvalue weighted by Crippen LogP contribution is 2.30. The number of hydrogen-bond donors (Lipinski definition) is 1. The van der Waals surface area contributed by atoms with Gasteiger partial charge < -0.3 is 10.2 Å². The zero-order valence-electron chi connectivity index (χ0n) is 11.2. The van der Waals surface area contributed by atoms with Gasteiger partial charge in [-0.05, 0) is 55.6 Å². The van der Waals surface area contributed by atoms with E-state index < -0.39 is 9.84 Å². The van der Waals surface area contributed by atoms with Crippen molar-refractivity contribution in [3.63, 3.8) is 0 Å². The molecule has 0 aromatic heterocycles. The fraction of sp³-hybridized carbons (Fsp3) is 0.571. The molecule has 0 radical (unpaired) electrons. The van der Waals surface area contributed by atoms with Crippen LogP contribution in [0.25, 0.3) is 0 Å². The molecule has 2 fully saturated rings. The number of nitrogens with zero attached hydrogens (tertiary/aromatic N) is 1. The van der Waals surface area contributed by atoms with Gasteiger partial charge in [0.1, 0.15) is 0 Å². The monoisotopic (exact) mass is 280 g/mol. The van der Waals surface area contributed by atoms with Gasteiger partial charge in [0, 0.05) is 25.0 Å². The molecule has 0 amide bonds. The van der Waals surface area contributed by atoms with Gasteiger partial charge in [-0.2, -0.15) is 0 Å². The number of sulfone groups is 1. The van der Waals surface area contributed by atoms with Gasteiger partial charge in [-0.15, -0.1) is 0 Å². The fourth-order valence-corrected chi connectivity index (χ4v) is 3.80. The Labute approximate surface area is 114 Å². The highest BCUT2D eigenvalue weighted by atomic mass is 32.2. The highest BCUT2D eigenvalue weighted by Gasteiger charge is 2.32. The zero-order chi connectivity index (χ0) is 13.5. The topological polar surface area (TPSA) is 49.4 Å². The fourth-order valence-electron chi connectivity index (χ4n) is 3.17. The van der Waals surface area contributed by atoms with E-state index >= 15 is 0 Å². The van der Waals surface area contributed by atoms with Crippen LogP contribution in [0.2, 0.25) is 0 Å². The number of fused-ring (bicyclic) bond motifs is 1. The predicted octanol–water partition coefficient (Wildman–Crippen LogP) is 1.14. The Morgan fingerprint density at radius 1 is 1.16 bits per heavy atom. The van der Waals surface area contributed by atoms with E-state index in [-0.39, 0.29) is 0 Å². The first-order valence-electron chi connectivity index (χ1n) is 6.80. The van der Waals surface area contributed by atoms with E-state index in [1.807, 2.05) is 12.1 Å². The molecule has 0 aliphatic carbocycles. The lowest BCUT2D eigenvalue weighted by atomic mass is 9.88. The third-order valence-corrected chi connectivity index (χ3v) is 5.46. The summed E-state index contributed by atoms with van der Waals surface area (Å²) in [5.74, 6) is 1.56. The zero-order valence-corrected chi connectivity index (χ0v) is 12.0. The van der Waals surface area contributed by atoms with Gasteiger partial charge in [0.15, 0.2) is 9.84 Å². The van der Waals surface area contributed by atoms with E-state index in [4.69, 9.17) is 0 Å². The molecule has 2 saturated heterocycles. The summed E-state index contributed by atoms with van der Waals surface area (Å²) in [5.41, 5.74) is 1.14. The van der Waals surface area contributed by atoms with Crippen molar-refractivity contribution in [1.29, 1.82) is 0 Å². The first-order chi connectivity index (χ1) is 9.04. The molecular formula is C14H20N2O2S. The normalized spacial score (nSPS) is 27.3. The van der Waals surface area contributed by atoms with Gasteiger partial charge in [0.25, 0.3) is 0 Å². The van der Waals surface area contributed by atoms with Crippen LogP contribution in [0.1, 0.15) is 6.42 Å². The maximum Gasteiger partial charge on any atom is 0.175 e. The predicted molar refractivity (Wildman–Crippen MR) is 76.2 cm³/mol. The van der Waals surface area contributed by atoms with Crippen molar-refractivity contribution in [2.75, 3.05) is 37.3 Å². The summed E-state index contributed by atoms with van der Waals surface area (Å²) in [6.45, 7) is 4.42. The summed E-state index contributed by atoms with van der Waals surface area (Å²) >= 11 is 0. The summed E-state index contributed by atoms with van der Waals surface area (Å²) in [7, 11) is -3.09. The van der Waals surface area contributed by atoms with Crippen molar-refractivity contribution in [3.05, 3.63) is 24.3 Å². The van der Waals surface area contributed by atoms with Crippen LogP contribution in [0.3, 0.4) is 0 Å². The SMILES string of the molecule is CS(=O)(=O)c1ccc(N2CCC3CNCC3C2)cc1. The molecule has 0 spiro atoms. The van der Waals surface area contributed by atoms with E-state index in [0.717, 1.165) is 43.7 Å². The van der Waals surface area contributed by atoms with Crippen molar-refractivity contribution in [2.24, 2.45) is 11.8 Å². The molecule has 104 valence electrons. The molecule has 1 aromatic carbocycles. The van der Waals surface area contributed by atoms with Crippen molar-refractivity contribution in [2.45, 2.75) is 11.3 Å². The van der Waals surface area contributed by atoms with Crippen molar-refractivity contribution < 1.29 is 8.42 Å². The molecule has 0 saturated carbocycles. The van der Waals surface area contributed by atoms with Gasteiger partial charge >= 0.3 is 0 Å². The lowest BCUT2D eigenvalue weighted by Crippen LogP contribution is -2.40. The Morgan fingerprint density at radius 2 is 1.84 bits per heavy atom. The molecule has 5 heteroatoms. The Morgan fingerprint density at radius 3 is 2.53 bits per heavy atom. The molecule has 2 heterocycles. The van der Waals surface area contributed by atoms with Crippen molar-refractivity contribution >= 4 is 15.5 Å². The Hall–Kier alpha value is -1.07. The first-order valence-corrected chi connectivity index (χ1v) is 8.69. The summed E-state index contributed by atoms with van der Waals surface area (Å²) in [4.78, 5) is 2.77. The Kier molecular flexibility index (Phi) is 3.27. The first kappa shape index (κ1) is 12.9. The molecule has 4 nitrogen and oxygen atoms in total. The van der Waals surface area contributed by atoms with Gasteiger partial charge in [-0.25, -0.2) is 8.42 Å². The van der Waals surface area contributed by atoms with E-state index in [2.05, 4.69) is 10.2 Å².